The molecule has 0 amide bonds. The molecule has 0 saturated heterocycles. The average Bonchev–Trinajstić information content (AvgIpc) is 2.15. The van der Waals surface area contributed by atoms with Crippen molar-refractivity contribution >= 4 is 28.5 Å². The van der Waals surface area contributed by atoms with Gasteiger partial charge >= 0.3 is 0 Å². The summed E-state index contributed by atoms with van der Waals surface area (Å²) in [5, 5.41) is 0.783. The fourth-order valence-electron chi connectivity index (χ4n) is 0.912. The molecule has 0 heterocycles. The molecule has 0 N–H and O–H groups in total. The van der Waals surface area contributed by atoms with Crippen LogP contribution in [0.3, 0.4) is 0 Å². The molecule has 0 spiro atoms. The van der Waals surface area contributed by atoms with Gasteiger partial charge in [-0.15, -0.1) is 0 Å². The molecular formula is C11H13ClOS. The largest absolute Gasteiger partial charge is 0.282 e. The summed E-state index contributed by atoms with van der Waals surface area (Å²) >= 11 is 7.09. The van der Waals surface area contributed by atoms with E-state index in [2.05, 4.69) is 13.8 Å². The molecule has 0 aliphatic carbocycles. The molecule has 0 unspecified atom stereocenters. The van der Waals surface area contributed by atoms with Gasteiger partial charge in [-0.3, -0.25) is 4.79 Å². The smallest absolute Gasteiger partial charge is 0.219 e. The van der Waals surface area contributed by atoms with Crippen molar-refractivity contribution in [2.75, 3.05) is 5.75 Å². The zero-order chi connectivity index (χ0) is 10.6. The molecule has 1 rings (SSSR count). The third-order valence-electron chi connectivity index (χ3n) is 1.63. The van der Waals surface area contributed by atoms with E-state index in [4.69, 9.17) is 11.6 Å². The number of hydrogen-bond acceptors (Lipinski definition) is 2. The van der Waals surface area contributed by atoms with Crippen LogP contribution in [0.2, 0.25) is 5.02 Å². The second kappa shape index (κ2) is 5.42. The van der Waals surface area contributed by atoms with Crippen molar-refractivity contribution in [3.8, 4) is 0 Å². The molecule has 0 aliphatic rings. The third kappa shape index (κ3) is 3.72. The summed E-state index contributed by atoms with van der Waals surface area (Å²) in [7, 11) is 0. The van der Waals surface area contributed by atoms with Crippen LogP contribution in [0.5, 0.6) is 0 Å². The second-order valence-corrected chi connectivity index (χ2v) is 4.93. The Morgan fingerprint density at radius 1 is 1.36 bits per heavy atom. The standard InChI is InChI=1S/C11H13ClOS/c1-8(2)7-14-11(13)9-3-5-10(12)6-4-9/h3-6,8H,7H2,1-2H3. The van der Waals surface area contributed by atoms with E-state index in [0.29, 0.717) is 10.9 Å². The Labute approximate surface area is 93.8 Å². The average molecular weight is 229 g/mol. The molecule has 0 bridgehead atoms. The predicted octanol–water partition coefficient (Wildman–Crippen LogP) is 3.87. The zero-order valence-electron chi connectivity index (χ0n) is 8.29. The van der Waals surface area contributed by atoms with Gasteiger partial charge < -0.3 is 0 Å². The molecule has 1 nitrogen and oxygen atoms in total. The summed E-state index contributed by atoms with van der Waals surface area (Å²) in [5.41, 5.74) is 0.722. The number of carbonyl (C=O) groups is 1. The van der Waals surface area contributed by atoms with Gasteiger partial charge in [0.1, 0.15) is 0 Å². The molecule has 0 radical (unpaired) electrons. The van der Waals surface area contributed by atoms with Crippen molar-refractivity contribution in [1.29, 1.82) is 0 Å². The zero-order valence-corrected chi connectivity index (χ0v) is 9.86. The van der Waals surface area contributed by atoms with Crippen LogP contribution in [0, 0.1) is 5.92 Å². The van der Waals surface area contributed by atoms with E-state index in [9.17, 15) is 4.79 Å². The first-order valence-electron chi connectivity index (χ1n) is 4.52. The van der Waals surface area contributed by atoms with Crippen LogP contribution < -0.4 is 0 Å². The Hall–Kier alpha value is -0.470. The fraction of sp³-hybridized carbons (Fsp3) is 0.364. The lowest BCUT2D eigenvalue weighted by molar-refractivity contribution is 0.108. The molecule has 3 heteroatoms. The Kier molecular flexibility index (Phi) is 4.49. The monoisotopic (exact) mass is 228 g/mol. The number of carbonyl (C=O) groups excluding carboxylic acids is 1. The van der Waals surface area contributed by atoms with Gasteiger partial charge in [-0.05, 0) is 30.2 Å². The highest BCUT2D eigenvalue weighted by Crippen LogP contribution is 2.17. The Morgan fingerprint density at radius 3 is 2.43 bits per heavy atom. The highest BCUT2D eigenvalue weighted by molar-refractivity contribution is 8.14. The van der Waals surface area contributed by atoms with Crippen molar-refractivity contribution in [2.24, 2.45) is 5.92 Å². The second-order valence-electron chi connectivity index (χ2n) is 3.50. The fourth-order valence-corrected chi connectivity index (χ4v) is 1.83. The van der Waals surface area contributed by atoms with Gasteiger partial charge in [0.2, 0.25) is 5.12 Å². The third-order valence-corrected chi connectivity index (χ3v) is 3.21. The molecule has 0 saturated carbocycles. The molecule has 1 aromatic carbocycles. The highest BCUT2D eigenvalue weighted by Gasteiger charge is 2.06. The number of thioether (sulfide) groups is 1. The molecule has 0 aromatic heterocycles. The van der Waals surface area contributed by atoms with E-state index in [1.54, 1.807) is 24.3 Å². The van der Waals surface area contributed by atoms with Crippen molar-refractivity contribution in [3.63, 3.8) is 0 Å². The van der Waals surface area contributed by atoms with Gasteiger partial charge in [0.15, 0.2) is 0 Å². The number of rotatable bonds is 3. The predicted molar refractivity (Wildman–Crippen MR) is 63.1 cm³/mol. The molecule has 14 heavy (non-hydrogen) atoms. The summed E-state index contributed by atoms with van der Waals surface area (Å²) in [6, 6.07) is 7.01. The molecule has 76 valence electrons. The van der Waals surface area contributed by atoms with Crippen LogP contribution in [0.4, 0.5) is 0 Å². The van der Waals surface area contributed by atoms with Gasteiger partial charge in [-0.1, -0.05) is 37.2 Å². The Morgan fingerprint density at radius 2 is 1.93 bits per heavy atom. The number of hydrogen-bond donors (Lipinski definition) is 0. The van der Waals surface area contributed by atoms with Gasteiger partial charge in [-0.2, -0.15) is 0 Å². The Bertz CT molecular complexity index is 306. The minimum atomic E-state index is 0.121. The van der Waals surface area contributed by atoms with E-state index in [1.807, 2.05) is 0 Å². The first kappa shape index (κ1) is 11.6. The van der Waals surface area contributed by atoms with E-state index >= 15 is 0 Å². The van der Waals surface area contributed by atoms with E-state index in [-0.39, 0.29) is 5.12 Å². The molecule has 0 aliphatic heterocycles. The summed E-state index contributed by atoms with van der Waals surface area (Å²) in [5.74, 6) is 1.40. The summed E-state index contributed by atoms with van der Waals surface area (Å²) in [6.07, 6.45) is 0. The highest BCUT2D eigenvalue weighted by atomic mass is 35.5. The van der Waals surface area contributed by atoms with Crippen LogP contribution in [-0.4, -0.2) is 10.9 Å². The van der Waals surface area contributed by atoms with Crippen LogP contribution in [0.15, 0.2) is 24.3 Å². The van der Waals surface area contributed by atoms with E-state index in [1.165, 1.54) is 11.8 Å². The first-order chi connectivity index (χ1) is 6.59. The topological polar surface area (TPSA) is 17.1 Å². The summed E-state index contributed by atoms with van der Waals surface area (Å²) in [6.45, 7) is 4.20. The maximum absolute atomic E-state index is 11.6. The van der Waals surface area contributed by atoms with Crippen molar-refractivity contribution in [1.82, 2.24) is 0 Å². The van der Waals surface area contributed by atoms with E-state index < -0.39 is 0 Å². The summed E-state index contributed by atoms with van der Waals surface area (Å²) in [4.78, 5) is 11.6. The van der Waals surface area contributed by atoms with Crippen LogP contribution in [0.1, 0.15) is 24.2 Å². The Balaban J connectivity index is 2.57. The lowest BCUT2D eigenvalue weighted by Gasteiger charge is -2.03. The first-order valence-corrected chi connectivity index (χ1v) is 5.88. The molecule has 0 atom stereocenters. The van der Waals surface area contributed by atoms with Crippen molar-refractivity contribution in [2.45, 2.75) is 13.8 Å². The molecule has 1 aromatic rings. The number of halogens is 1. The van der Waals surface area contributed by atoms with Gasteiger partial charge in [0.05, 0.1) is 0 Å². The van der Waals surface area contributed by atoms with Crippen LogP contribution in [0.25, 0.3) is 0 Å². The normalized spacial score (nSPS) is 10.6. The summed E-state index contributed by atoms with van der Waals surface area (Å²) < 4.78 is 0. The maximum atomic E-state index is 11.6. The quantitative estimate of drug-likeness (QED) is 0.781. The van der Waals surface area contributed by atoms with Gasteiger partial charge in [0, 0.05) is 16.3 Å². The number of benzene rings is 1. The SMILES string of the molecule is CC(C)CSC(=O)c1ccc(Cl)cc1. The van der Waals surface area contributed by atoms with Crippen molar-refractivity contribution < 1.29 is 4.79 Å². The molecule has 0 fully saturated rings. The van der Waals surface area contributed by atoms with Crippen molar-refractivity contribution in [3.05, 3.63) is 34.9 Å². The lowest BCUT2D eigenvalue weighted by atomic mass is 10.2. The lowest BCUT2D eigenvalue weighted by Crippen LogP contribution is -1.98. The molecular weight excluding hydrogens is 216 g/mol. The van der Waals surface area contributed by atoms with Crippen LogP contribution >= 0.6 is 23.4 Å². The van der Waals surface area contributed by atoms with Gasteiger partial charge in [-0.25, -0.2) is 0 Å². The van der Waals surface area contributed by atoms with Gasteiger partial charge in [0.25, 0.3) is 0 Å². The van der Waals surface area contributed by atoms with Crippen LogP contribution in [-0.2, 0) is 0 Å². The van der Waals surface area contributed by atoms with E-state index in [0.717, 1.165) is 11.3 Å². The maximum Gasteiger partial charge on any atom is 0.219 e. The minimum absolute atomic E-state index is 0.121. The minimum Gasteiger partial charge on any atom is -0.282 e.